The van der Waals surface area contributed by atoms with E-state index in [9.17, 15) is 0 Å². The van der Waals surface area contributed by atoms with Crippen molar-refractivity contribution in [3.63, 3.8) is 0 Å². The highest BCUT2D eigenvalue weighted by Crippen LogP contribution is 2.77. The van der Waals surface area contributed by atoms with Crippen LogP contribution >= 0.6 is 0 Å². The minimum Gasteiger partial charge on any atom is -0.378 e. The van der Waals surface area contributed by atoms with E-state index in [1.54, 1.807) is 0 Å². The fourth-order valence-electron chi connectivity index (χ4n) is 7.61. The highest BCUT2D eigenvalue weighted by Gasteiger charge is 2.84. The maximum Gasteiger partial charge on any atom is 0.0975 e. The van der Waals surface area contributed by atoms with Crippen LogP contribution < -0.4 is 0 Å². The molecule has 104 valence electrons. The lowest BCUT2D eigenvalue weighted by molar-refractivity contribution is -0.270. The molecule has 0 amide bonds. The van der Waals surface area contributed by atoms with E-state index in [1.807, 2.05) is 0 Å². The molecule has 0 aromatic rings. The fourth-order valence-corrected chi connectivity index (χ4v) is 7.61. The molecule has 0 aromatic heterocycles. The molecular weight excluding hydrogens is 238 g/mol. The molecule has 6 rings (SSSR count). The van der Waals surface area contributed by atoms with Gasteiger partial charge in [0.15, 0.2) is 0 Å². The minimum absolute atomic E-state index is 0.466. The van der Waals surface area contributed by atoms with E-state index >= 15 is 0 Å². The van der Waals surface area contributed by atoms with Crippen LogP contribution in [0.25, 0.3) is 0 Å². The molecular formula is C16H23NO2. The summed E-state index contributed by atoms with van der Waals surface area (Å²) in [5.74, 6) is 2.44. The smallest absolute Gasteiger partial charge is 0.0975 e. The molecule has 6 fully saturated rings. The summed E-state index contributed by atoms with van der Waals surface area (Å²) in [5, 5.41) is 0. The SMILES string of the molecule is CC1CC23C4CCCN2CC2OC2C13C1COC4C1. The average molecular weight is 261 g/mol. The van der Waals surface area contributed by atoms with Crippen molar-refractivity contribution in [2.45, 2.75) is 56.5 Å². The van der Waals surface area contributed by atoms with E-state index in [0.29, 0.717) is 29.3 Å². The first-order valence-electron chi connectivity index (χ1n) is 8.30. The standard InChI is InChI=1S/C16H23NO2/c1-9-6-15-11-3-2-4-17(15)7-13-14(19-13)16(9,15)10-5-12(11)18-8-10/h9-14H,2-8H2,1H3. The third-order valence-corrected chi connectivity index (χ3v) is 7.91. The second kappa shape index (κ2) is 2.90. The van der Waals surface area contributed by atoms with Crippen molar-refractivity contribution in [3.8, 4) is 0 Å². The third-order valence-electron chi connectivity index (χ3n) is 7.91. The van der Waals surface area contributed by atoms with E-state index in [0.717, 1.165) is 24.4 Å². The summed E-state index contributed by atoms with van der Waals surface area (Å²) in [4.78, 5) is 2.86. The summed E-state index contributed by atoms with van der Waals surface area (Å²) < 4.78 is 12.5. The van der Waals surface area contributed by atoms with Crippen LogP contribution in [-0.4, -0.2) is 48.4 Å². The quantitative estimate of drug-likeness (QED) is 0.620. The van der Waals surface area contributed by atoms with Crippen molar-refractivity contribution in [2.75, 3.05) is 19.7 Å². The molecule has 3 heteroatoms. The van der Waals surface area contributed by atoms with Crippen molar-refractivity contribution in [1.82, 2.24) is 4.90 Å². The third kappa shape index (κ3) is 0.849. The molecule has 8 atom stereocenters. The first-order valence-corrected chi connectivity index (χ1v) is 8.30. The number of ether oxygens (including phenoxy) is 2. The maximum atomic E-state index is 6.26. The maximum absolute atomic E-state index is 6.26. The Labute approximate surface area is 114 Å². The van der Waals surface area contributed by atoms with Gasteiger partial charge >= 0.3 is 0 Å². The topological polar surface area (TPSA) is 25.0 Å². The molecule has 1 spiro atoms. The number of rotatable bonds is 0. The zero-order valence-electron chi connectivity index (χ0n) is 11.7. The second-order valence-corrected chi connectivity index (χ2v) is 8.06. The predicted octanol–water partition coefficient (Wildman–Crippen LogP) is 1.66. The van der Waals surface area contributed by atoms with Crippen LogP contribution in [0, 0.1) is 23.2 Å². The first-order chi connectivity index (χ1) is 9.28. The Morgan fingerprint density at radius 3 is 3.11 bits per heavy atom. The van der Waals surface area contributed by atoms with Gasteiger partial charge in [-0.15, -0.1) is 0 Å². The molecule has 4 aliphatic heterocycles. The van der Waals surface area contributed by atoms with Gasteiger partial charge in [0.25, 0.3) is 0 Å². The number of nitrogens with zero attached hydrogens (tertiary/aromatic N) is 1. The van der Waals surface area contributed by atoms with Crippen molar-refractivity contribution >= 4 is 0 Å². The van der Waals surface area contributed by atoms with Gasteiger partial charge in [0, 0.05) is 23.4 Å². The van der Waals surface area contributed by atoms with Gasteiger partial charge in [-0.05, 0) is 44.1 Å². The molecule has 4 heterocycles. The van der Waals surface area contributed by atoms with Crippen LogP contribution in [0.2, 0.25) is 0 Å². The second-order valence-electron chi connectivity index (χ2n) is 8.06. The Morgan fingerprint density at radius 2 is 2.21 bits per heavy atom. The first kappa shape index (κ1) is 10.6. The molecule has 2 saturated carbocycles. The zero-order valence-corrected chi connectivity index (χ0v) is 11.7. The van der Waals surface area contributed by atoms with Gasteiger partial charge < -0.3 is 9.47 Å². The summed E-state index contributed by atoms with van der Waals surface area (Å²) in [6, 6.07) is 0. The molecule has 2 aliphatic carbocycles. The van der Waals surface area contributed by atoms with Crippen molar-refractivity contribution in [1.29, 1.82) is 0 Å². The molecule has 6 aliphatic rings. The molecule has 0 N–H and O–H groups in total. The number of epoxide rings is 1. The molecule has 8 unspecified atom stereocenters. The molecule has 0 radical (unpaired) electrons. The monoisotopic (exact) mass is 261 g/mol. The number of hydrogen-bond acceptors (Lipinski definition) is 3. The van der Waals surface area contributed by atoms with Crippen LogP contribution in [0.15, 0.2) is 0 Å². The van der Waals surface area contributed by atoms with Crippen LogP contribution in [-0.2, 0) is 9.47 Å². The number of piperidine rings is 2. The van der Waals surface area contributed by atoms with Gasteiger partial charge in [-0.2, -0.15) is 0 Å². The largest absolute Gasteiger partial charge is 0.378 e. The van der Waals surface area contributed by atoms with Crippen molar-refractivity contribution < 1.29 is 9.47 Å². The minimum atomic E-state index is 0.466. The van der Waals surface area contributed by atoms with Crippen molar-refractivity contribution in [2.24, 2.45) is 23.2 Å². The number of hydrogen-bond donors (Lipinski definition) is 0. The fraction of sp³-hybridized carbons (Fsp3) is 1.00. The lowest BCUT2D eigenvalue weighted by Crippen LogP contribution is -2.84. The van der Waals surface area contributed by atoms with E-state index in [2.05, 4.69) is 11.8 Å². The van der Waals surface area contributed by atoms with E-state index in [1.165, 1.54) is 38.8 Å². The van der Waals surface area contributed by atoms with Crippen LogP contribution in [0.3, 0.4) is 0 Å². The summed E-state index contributed by atoms with van der Waals surface area (Å²) in [6.45, 7) is 6.05. The van der Waals surface area contributed by atoms with E-state index in [-0.39, 0.29) is 0 Å². The highest BCUT2D eigenvalue weighted by atomic mass is 16.6. The molecule has 4 saturated heterocycles. The van der Waals surface area contributed by atoms with Crippen LogP contribution in [0.4, 0.5) is 0 Å². The predicted molar refractivity (Wildman–Crippen MR) is 69.8 cm³/mol. The highest BCUT2D eigenvalue weighted by molar-refractivity contribution is 5.34. The van der Waals surface area contributed by atoms with Gasteiger partial charge in [-0.3, -0.25) is 4.90 Å². The normalized spacial score (nSPS) is 68.7. The van der Waals surface area contributed by atoms with Gasteiger partial charge in [-0.25, -0.2) is 0 Å². The Bertz CT molecular complexity index is 468. The lowest BCUT2D eigenvalue weighted by atomic mass is 9.34. The van der Waals surface area contributed by atoms with Crippen LogP contribution in [0.5, 0.6) is 0 Å². The molecule has 19 heavy (non-hydrogen) atoms. The van der Waals surface area contributed by atoms with E-state index in [4.69, 9.17) is 9.47 Å². The van der Waals surface area contributed by atoms with Gasteiger partial charge in [0.1, 0.15) is 0 Å². The summed E-state index contributed by atoms with van der Waals surface area (Å²) >= 11 is 0. The Morgan fingerprint density at radius 1 is 1.26 bits per heavy atom. The molecule has 2 bridgehead atoms. The van der Waals surface area contributed by atoms with Gasteiger partial charge in [-0.1, -0.05) is 6.92 Å². The Kier molecular flexibility index (Phi) is 1.62. The summed E-state index contributed by atoms with van der Waals surface area (Å²) in [7, 11) is 0. The van der Waals surface area contributed by atoms with E-state index < -0.39 is 0 Å². The number of fused-ring (bicyclic) bond motifs is 4. The molecule has 0 aromatic carbocycles. The average Bonchev–Trinajstić information content (AvgIpc) is 3.00. The Balaban J connectivity index is 1.61. The zero-order chi connectivity index (χ0) is 12.4. The van der Waals surface area contributed by atoms with Crippen LogP contribution in [0.1, 0.15) is 32.6 Å². The van der Waals surface area contributed by atoms with Gasteiger partial charge in [0.05, 0.1) is 24.9 Å². The van der Waals surface area contributed by atoms with Crippen molar-refractivity contribution in [3.05, 3.63) is 0 Å². The summed E-state index contributed by atoms with van der Waals surface area (Å²) in [6.07, 6.45) is 7.24. The molecule has 3 nitrogen and oxygen atoms in total. The van der Waals surface area contributed by atoms with Gasteiger partial charge in [0.2, 0.25) is 0 Å². The Hall–Kier alpha value is -0.120. The summed E-state index contributed by atoms with van der Waals surface area (Å²) in [5.41, 5.74) is 0.945. The lowest BCUT2D eigenvalue weighted by Gasteiger charge is -2.76.